The number of nitriles is 1. The molecule has 1 N–H and O–H groups in total. The normalized spacial score (nSPS) is 11.9. The van der Waals surface area contributed by atoms with Crippen molar-refractivity contribution in [3.05, 3.63) is 56.2 Å². The maximum atomic E-state index is 12.2. The van der Waals surface area contributed by atoms with Crippen molar-refractivity contribution in [1.82, 2.24) is 14.0 Å². The van der Waals surface area contributed by atoms with Gasteiger partial charge in [0.05, 0.1) is 13.2 Å². The Kier molecular flexibility index (Phi) is 5.85. The summed E-state index contributed by atoms with van der Waals surface area (Å²) in [6.45, 7) is 0.411. The molecule has 2 aromatic rings. The van der Waals surface area contributed by atoms with Crippen LogP contribution in [0.4, 0.5) is 5.82 Å². The number of anilines is 1. The van der Waals surface area contributed by atoms with E-state index in [0.29, 0.717) is 6.54 Å². The van der Waals surface area contributed by atoms with Gasteiger partial charge in [0.2, 0.25) is 0 Å². The minimum absolute atomic E-state index is 0.0355. The standard InChI is InChI=1S/C18H23N5O3/c1-21(2)15(12-6-8-13(26-5)9-7-12)11-20-16-14(10-19)17(24)23(4)18(25)22(16)3/h6-9,15,20H,11H2,1-5H3/t15-/m0/s1. The third-order valence-electron chi connectivity index (χ3n) is 4.36. The molecular weight excluding hydrogens is 334 g/mol. The van der Waals surface area contributed by atoms with Gasteiger partial charge < -0.3 is 15.0 Å². The number of rotatable bonds is 6. The number of benzene rings is 1. The molecule has 8 heteroatoms. The summed E-state index contributed by atoms with van der Waals surface area (Å²) in [5.74, 6) is 0.987. The van der Waals surface area contributed by atoms with Crippen LogP contribution in [0, 0.1) is 11.3 Å². The highest BCUT2D eigenvalue weighted by Crippen LogP contribution is 2.22. The third kappa shape index (κ3) is 3.63. The van der Waals surface area contributed by atoms with Crippen LogP contribution in [0.1, 0.15) is 17.2 Å². The summed E-state index contributed by atoms with van der Waals surface area (Å²) in [5.41, 5.74) is -0.135. The zero-order valence-corrected chi connectivity index (χ0v) is 15.6. The Bertz CT molecular complexity index is 936. The van der Waals surface area contributed by atoms with Crippen molar-refractivity contribution >= 4 is 5.82 Å². The van der Waals surface area contributed by atoms with Gasteiger partial charge in [-0.1, -0.05) is 12.1 Å². The van der Waals surface area contributed by atoms with E-state index in [9.17, 15) is 14.9 Å². The van der Waals surface area contributed by atoms with Gasteiger partial charge in [-0.25, -0.2) is 4.79 Å². The van der Waals surface area contributed by atoms with Crippen LogP contribution in [-0.4, -0.2) is 41.8 Å². The van der Waals surface area contributed by atoms with E-state index in [4.69, 9.17) is 4.74 Å². The van der Waals surface area contributed by atoms with E-state index in [1.54, 1.807) is 7.11 Å². The highest BCUT2D eigenvalue weighted by atomic mass is 16.5. The van der Waals surface area contributed by atoms with E-state index in [1.807, 2.05) is 49.3 Å². The first-order valence-electron chi connectivity index (χ1n) is 8.06. The Morgan fingerprint density at radius 3 is 2.31 bits per heavy atom. The molecule has 0 saturated carbocycles. The quantitative estimate of drug-likeness (QED) is 0.817. The van der Waals surface area contributed by atoms with Crippen molar-refractivity contribution in [2.75, 3.05) is 33.1 Å². The van der Waals surface area contributed by atoms with Gasteiger partial charge in [-0.15, -0.1) is 0 Å². The first-order chi connectivity index (χ1) is 12.3. The molecule has 1 aromatic heterocycles. The predicted molar refractivity (Wildman–Crippen MR) is 99.6 cm³/mol. The SMILES string of the molecule is COc1ccc([C@H](CNc2c(C#N)c(=O)n(C)c(=O)n2C)N(C)C)cc1. The van der Waals surface area contributed by atoms with Gasteiger partial charge in [-0.3, -0.25) is 13.9 Å². The topological polar surface area (TPSA) is 92.3 Å². The van der Waals surface area contributed by atoms with Crippen LogP contribution >= 0.6 is 0 Å². The van der Waals surface area contributed by atoms with Gasteiger partial charge in [0.25, 0.3) is 5.56 Å². The van der Waals surface area contributed by atoms with Gasteiger partial charge >= 0.3 is 5.69 Å². The number of nitrogens with zero attached hydrogens (tertiary/aromatic N) is 4. The van der Waals surface area contributed by atoms with Crippen molar-refractivity contribution in [2.24, 2.45) is 14.1 Å². The van der Waals surface area contributed by atoms with Gasteiger partial charge in [0.1, 0.15) is 17.6 Å². The lowest BCUT2D eigenvalue weighted by molar-refractivity contribution is 0.311. The Morgan fingerprint density at radius 2 is 1.81 bits per heavy atom. The van der Waals surface area contributed by atoms with E-state index in [0.717, 1.165) is 15.9 Å². The second-order valence-electron chi connectivity index (χ2n) is 6.17. The fourth-order valence-electron chi connectivity index (χ4n) is 2.77. The summed E-state index contributed by atoms with van der Waals surface area (Å²) >= 11 is 0. The van der Waals surface area contributed by atoms with Gasteiger partial charge in [0, 0.05) is 20.6 Å². The third-order valence-corrected chi connectivity index (χ3v) is 4.36. The zero-order chi connectivity index (χ0) is 19.4. The average molecular weight is 357 g/mol. The smallest absolute Gasteiger partial charge is 0.332 e. The Balaban J connectivity index is 2.37. The van der Waals surface area contributed by atoms with Crippen LogP contribution in [0.3, 0.4) is 0 Å². The van der Waals surface area contributed by atoms with E-state index in [2.05, 4.69) is 5.32 Å². The number of likely N-dealkylation sites (N-methyl/N-ethyl adjacent to an activating group) is 1. The maximum Gasteiger partial charge on any atom is 0.332 e. The highest BCUT2D eigenvalue weighted by molar-refractivity contribution is 5.51. The summed E-state index contributed by atoms with van der Waals surface area (Å²) in [5, 5.41) is 12.4. The first-order valence-corrected chi connectivity index (χ1v) is 8.06. The lowest BCUT2D eigenvalue weighted by Gasteiger charge is -2.26. The second kappa shape index (κ2) is 7.89. The minimum Gasteiger partial charge on any atom is -0.497 e. The van der Waals surface area contributed by atoms with Crippen LogP contribution in [0.5, 0.6) is 5.75 Å². The summed E-state index contributed by atoms with van der Waals surface area (Å²) in [6.07, 6.45) is 0. The first kappa shape index (κ1) is 19.3. The van der Waals surface area contributed by atoms with Crippen LogP contribution in [0.15, 0.2) is 33.9 Å². The Hall–Kier alpha value is -3.05. The monoisotopic (exact) mass is 357 g/mol. The van der Waals surface area contributed by atoms with Crippen molar-refractivity contribution in [2.45, 2.75) is 6.04 Å². The maximum absolute atomic E-state index is 12.2. The molecule has 0 bridgehead atoms. The largest absolute Gasteiger partial charge is 0.497 e. The molecule has 0 aliphatic heterocycles. The van der Waals surface area contributed by atoms with Gasteiger partial charge in [-0.05, 0) is 31.8 Å². The number of hydrogen-bond donors (Lipinski definition) is 1. The number of aromatic nitrogens is 2. The summed E-state index contributed by atoms with van der Waals surface area (Å²) < 4.78 is 7.39. The molecule has 0 fully saturated rings. The average Bonchev–Trinajstić information content (AvgIpc) is 2.64. The summed E-state index contributed by atoms with van der Waals surface area (Å²) in [7, 11) is 8.37. The van der Waals surface area contributed by atoms with Crippen molar-refractivity contribution in [1.29, 1.82) is 5.26 Å². The minimum atomic E-state index is -0.607. The zero-order valence-electron chi connectivity index (χ0n) is 15.6. The van der Waals surface area contributed by atoms with E-state index < -0.39 is 11.2 Å². The van der Waals surface area contributed by atoms with E-state index in [-0.39, 0.29) is 17.4 Å². The lowest BCUT2D eigenvalue weighted by Crippen LogP contribution is -2.40. The molecule has 2 rings (SSSR count). The number of hydrogen-bond acceptors (Lipinski definition) is 6. The Morgan fingerprint density at radius 1 is 1.19 bits per heavy atom. The van der Waals surface area contributed by atoms with Gasteiger partial charge in [-0.2, -0.15) is 5.26 Å². The number of ether oxygens (including phenoxy) is 1. The lowest BCUT2D eigenvalue weighted by atomic mass is 10.1. The van der Waals surface area contributed by atoms with E-state index in [1.165, 1.54) is 18.7 Å². The second-order valence-corrected chi connectivity index (χ2v) is 6.17. The fraction of sp³-hybridized carbons (Fsp3) is 0.389. The van der Waals surface area contributed by atoms with Crippen molar-refractivity contribution < 1.29 is 4.74 Å². The van der Waals surface area contributed by atoms with Crippen LogP contribution in [0.2, 0.25) is 0 Å². The molecule has 1 atom stereocenters. The fourth-order valence-corrected chi connectivity index (χ4v) is 2.77. The number of nitrogens with one attached hydrogen (secondary N) is 1. The molecule has 0 radical (unpaired) electrons. The molecule has 0 aliphatic rings. The molecule has 0 spiro atoms. The Labute approximate surface area is 151 Å². The van der Waals surface area contributed by atoms with Crippen LogP contribution in [0.25, 0.3) is 0 Å². The van der Waals surface area contributed by atoms with Crippen LogP contribution < -0.4 is 21.3 Å². The molecule has 0 amide bonds. The van der Waals surface area contributed by atoms with Crippen LogP contribution in [-0.2, 0) is 14.1 Å². The number of methoxy groups -OCH3 is 1. The summed E-state index contributed by atoms with van der Waals surface area (Å²) in [4.78, 5) is 26.3. The van der Waals surface area contributed by atoms with E-state index >= 15 is 0 Å². The summed E-state index contributed by atoms with van der Waals surface area (Å²) in [6, 6.07) is 9.53. The molecule has 8 nitrogen and oxygen atoms in total. The highest BCUT2D eigenvalue weighted by Gasteiger charge is 2.19. The van der Waals surface area contributed by atoms with Crippen molar-refractivity contribution in [3.8, 4) is 11.8 Å². The molecular formula is C18H23N5O3. The predicted octanol–water partition coefficient (Wildman–Crippen LogP) is 0.679. The van der Waals surface area contributed by atoms with Crippen molar-refractivity contribution in [3.63, 3.8) is 0 Å². The molecule has 1 heterocycles. The van der Waals surface area contributed by atoms with Gasteiger partial charge in [0.15, 0.2) is 5.56 Å². The molecule has 0 saturated heterocycles. The molecule has 1 aromatic carbocycles. The molecule has 138 valence electrons. The molecule has 26 heavy (non-hydrogen) atoms. The molecule has 0 aliphatic carbocycles. The molecule has 0 unspecified atom stereocenters.